The van der Waals surface area contributed by atoms with Crippen LogP contribution in [0.1, 0.15) is 39.2 Å². The average Bonchev–Trinajstić information content (AvgIpc) is 3.07. The van der Waals surface area contributed by atoms with Crippen molar-refractivity contribution in [3.63, 3.8) is 0 Å². The van der Waals surface area contributed by atoms with E-state index in [1.165, 1.54) is 4.90 Å². The van der Waals surface area contributed by atoms with E-state index in [4.69, 9.17) is 9.47 Å². The minimum absolute atomic E-state index is 0.0310. The third kappa shape index (κ3) is 5.97. The van der Waals surface area contributed by atoms with Crippen LogP contribution in [-0.4, -0.2) is 49.4 Å². The second-order valence-electron chi connectivity index (χ2n) is 9.53. The molecule has 0 saturated carbocycles. The molecule has 182 valence electrons. The van der Waals surface area contributed by atoms with Gasteiger partial charge in [0.05, 0.1) is 26.3 Å². The van der Waals surface area contributed by atoms with Gasteiger partial charge in [-0.3, -0.25) is 14.4 Å². The smallest absolute Gasteiger partial charge is 0.257 e. The largest absolute Gasteiger partial charge is 0.493 e. The molecule has 1 fully saturated rings. The molecule has 0 radical (unpaired) electrons. The lowest BCUT2D eigenvalue weighted by atomic mass is 9.91. The molecule has 8 heteroatoms. The van der Waals surface area contributed by atoms with Crippen molar-refractivity contribution in [2.75, 3.05) is 25.7 Å². The van der Waals surface area contributed by atoms with E-state index in [9.17, 15) is 14.4 Å². The van der Waals surface area contributed by atoms with Crippen molar-refractivity contribution in [1.82, 2.24) is 4.90 Å². The number of methoxy groups -OCH3 is 2. The van der Waals surface area contributed by atoms with Crippen molar-refractivity contribution in [1.29, 1.82) is 0 Å². The highest BCUT2D eigenvalue weighted by Gasteiger charge is 2.44. The predicted molar refractivity (Wildman–Crippen MR) is 134 cm³/mol. The molecule has 0 spiro atoms. The number of hydrogen-bond donors (Lipinski definition) is 0. The number of carbonyl (C=O) groups is 3. The van der Waals surface area contributed by atoms with E-state index in [0.717, 1.165) is 10.0 Å². The molecule has 1 atom stereocenters. The zero-order valence-corrected chi connectivity index (χ0v) is 21.8. The van der Waals surface area contributed by atoms with Crippen molar-refractivity contribution in [2.24, 2.45) is 5.41 Å². The van der Waals surface area contributed by atoms with Crippen LogP contribution in [0, 0.1) is 5.41 Å². The first-order valence-corrected chi connectivity index (χ1v) is 12.0. The van der Waals surface area contributed by atoms with Gasteiger partial charge in [-0.25, -0.2) is 4.90 Å². The Kier molecular flexibility index (Phi) is 8.02. The maximum Gasteiger partial charge on any atom is 0.257 e. The Morgan fingerprint density at radius 1 is 1.06 bits per heavy atom. The summed E-state index contributed by atoms with van der Waals surface area (Å²) in [5.74, 6) is 0.394. The minimum Gasteiger partial charge on any atom is -0.493 e. The second-order valence-corrected chi connectivity index (χ2v) is 10.4. The highest BCUT2D eigenvalue weighted by atomic mass is 79.9. The Morgan fingerprint density at radius 2 is 1.71 bits per heavy atom. The molecular formula is C26H31BrN2O5. The monoisotopic (exact) mass is 530 g/mol. The number of halogens is 1. The van der Waals surface area contributed by atoms with Crippen LogP contribution in [0.3, 0.4) is 0 Å². The molecule has 0 aromatic heterocycles. The summed E-state index contributed by atoms with van der Waals surface area (Å²) in [6.45, 7) is 6.25. The number of nitrogens with zero attached hydrogens (tertiary/aromatic N) is 2. The summed E-state index contributed by atoms with van der Waals surface area (Å²) in [5.41, 5.74) is 1.19. The van der Waals surface area contributed by atoms with E-state index in [0.29, 0.717) is 30.2 Å². The number of benzene rings is 2. The van der Waals surface area contributed by atoms with Gasteiger partial charge >= 0.3 is 0 Å². The molecule has 3 rings (SSSR count). The van der Waals surface area contributed by atoms with Crippen LogP contribution < -0.4 is 14.4 Å². The first-order valence-electron chi connectivity index (χ1n) is 11.2. The van der Waals surface area contributed by atoms with Gasteiger partial charge in [0.1, 0.15) is 6.04 Å². The normalized spacial score (nSPS) is 16.1. The van der Waals surface area contributed by atoms with Crippen LogP contribution in [0.25, 0.3) is 0 Å². The number of rotatable bonds is 8. The van der Waals surface area contributed by atoms with Gasteiger partial charge in [0.25, 0.3) is 5.91 Å². The van der Waals surface area contributed by atoms with E-state index in [-0.39, 0.29) is 36.0 Å². The van der Waals surface area contributed by atoms with E-state index in [2.05, 4.69) is 15.9 Å². The average molecular weight is 531 g/mol. The lowest BCUT2D eigenvalue weighted by Crippen LogP contribution is -2.47. The van der Waals surface area contributed by atoms with Crippen molar-refractivity contribution >= 4 is 39.3 Å². The number of anilines is 1. The lowest BCUT2D eigenvalue weighted by molar-refractivity contribution is -0.139. The molecule has 1 aliphatic rings. The molecule has 2 aromatic rings. The maximum absolute atomic E-state index is 13.4. The van der Waals surface area contributed by atoms with Gasteiger partial charge in [-0.05, 0) is 53.8 Å². The number of imide groups is 1. The van der Waals surface area contributed by atoms with Crippen LogP contribution >= 0.6 is 15.9 Å². The van der Waals surface area contributed by atoms with E-state index in [1.54, 1.807) is 43.4 Å². The van der Waals surface area contributed by atoms with Crippen molar-refractivity contribution < 1.29 is 23.9 Å². The van der Waals surface area contributed by atoms with Gasteiger partial charge in [0.15, 0.2) is 11.5 Å². The Hall–Kier alpha value is -2.87. The Labute approximate surface area is 209 Å². The lowest BCUT2D eigenvalue weighted by Gasteiger charge is -2.30. The minimum atomic E-state index is -0.828. The predicted octanol–water partition coefficient (Wildman–Crippen LogP) is 4.61. The first-order chi connectivity index (χ1) is 16.0. The molecule has 2 aromatic carbocycles. The van der Waals surface area contributed by atoms with Crippen molar-refractivity contribution in [3.8, 4) is 11.5 Å². The third-order valence-corrected chi connectivity index (χ3v) is 6.20. The number of amides is 3. The van der Waals surface area contributed by atoms with Crippen LogP contribution in [0.15, 0.2) is 46.9 Å². The summed E-state index contributed by atoms with van der Waals surface area (Å²) in [6.07, 6.45) is 0.748. The van der Waals surface area contributed by atoms with Crippen LogP contribution in [0.4, 0.5) is 5.69 Å². The van der Waals surface area contributed by atoms with Gasteiger partial charge in [-0.15, -0.1) is 0 Å². The molecule has 1 unspecified atom stereocenters. The highest BCUT2D eigenvalue weighted by Crippen LogP contribution is 2.31. The summed E-state index contributed by atoms with van der Waals surface area (Å²) in [4.78, 5) is 42.3. The molecule has 34 heavy (non-hydrogen) atoms. The number of hydrogen-bond acceptors (Lipinski definition) is 5. The number of carbonyl (C=O) groups excluding carboxylic acids is 3. The molecule has 0 bridgehead atoms. The summed E-state index contributed by atoms with van der Waals surface area (Å²) < 4.78 is 11.5. The van der Waals surface area contributed by atoms with Crippen LogP contribution in [0.2, 0.25) is 0 Å². The Bertz CT molecular complexity index is 1060. The van der Waals surface area contributed by atoms with E-state index >= 15 is 0 Å². The van der Waals surface area contributed by atoms with Crippen molar-refractivity contribution in [3.05, 3.63) is 52.5 Å². The third-order valence-electron chi connectivity index (χ3n) is 5.68. The SMILES string of the molecule is COc1ccc(CCN(C(=O)CC(C)(C)C)C2CC(=O)N(c3ccc(Br)cc3)C2=O)cc1OC. The fourth-order valence-electron chi connectivity index (χ4n) is 4.02. The second kappa shape index (κ2) is 10.6. The van der Waals surface area contributed by atoms with Crippen LogP contribution in [-0.2, 0) is 20.8 Å². The molecule has 1 aliphatic heterocycles. The topological polar surface area (TPSA) is 76.2 Å². The van der Waals surface area contributed by atoms with E-state index < -0.39 is 6.04 Å². The Morgan fingerprint density at radius 3 is 2.29 bits per heavy atom. The molecule has 1 saturated heterocycles. The fraction of sp³-hybridized carbons (Fsp3) is 0.423. The highest BCUT2D eigenvalue weighted by molar-refractivity contribution is 9.10. The van der Waals surface area contributed by atoms with Gasteiger partial charge in [0.2, 0.25) is 11.8 Å². The first kappa shape index (κ1) is 25.7. The Balaban J connectivity index is 1.86. The fourth-order valence-corrected chi connectivity index (χ4v) is 4.28. The van der Waals surface area contributed by atoms with Gasteiger partial charge in [0, 0.05) is 17.4 Å². The summed E-state index contributed by atoms with van der Waals surface area (Å²) in [6, 6.07) is 11.7. The summed E-state index contributed by atoms with van der Waals surface area (Å²) >= 11 is 3.37. The molecular weight excluding hydrogens is 500 g/mol. The van der Waals surface area contributed by atoms with Gasteiger partial charge in [-0.1, -0.05) is 42.8 Å². The maximum atomic E-state index is 13.4. The zero-order valence-electron chi connectivity index (χ0n) is 20.3. The molecule has 3 amide bonds. The van der Waals surface area contributed by atoms with Gasteiger partial charge < -0.3 is 14.4 Å². The van der Waals surface area contributed by atoms with E-state index in [1.807, 2.05) is 39.0 Å². The summed E-state index contributed by atoms with van der Waals surface area (Å²) in [5, 5.41) is 0. The number of ether oxygens (including phenoxy) is 2. The molecule has 1 heterocycles. The quantitative estimate of drug-likeness (QED) is 0.466. The van der Waals surface area contributed by atoms with Gasteiger partial charge in [-0.2, -0.15) is 0 Å². The molecule has 0 aliphatic carbocycles. The van der Waals surface area contributed by atoms with Crippen molar-refractivity contribution in [2.45, 2.75) is 46.1 Å². The molecule has 0 N–H and O–H groups in total. The summed E-state index contributed by atoms with van der Waals surface area (Å²) in [7, 11) is 3.14. The standard InChI is InChI=1S/C26H31BrN2O5/c1-26(2,3)16-24(31)28(13-12-17-6-11-21(33-4)22(14-17)34-5)20-15-23(30)29(25(20)32)19-9-7-18(27)8-10-19/h6-11,14,20H,12-13,15-16H2,1-5H3. The zero-order chi connectivity index (χ0) is 25.0. The van der Waals surface area contributed by atoms with Crippen LogP contribution in [0.5, 0.6) is 11.5 Å². The molecule has 7 nitrogen and oxygen atoms in total.